The Hall–Kier alpha value is -2.40. The summed E-state index contributed by atoms with van der Waals surface area (Å²) in [5.74, 6) is 0.447. The fourth-order valence-corrected chi connectivity index (χ4v) is 2.36. The minimum Gasteiger partial charge on any atom is -0.496 e. The maximum atomic E-state index is 12.4. The Labute approximate surface area is 130 Å². The monoisotopic (exact) mass is 300 g/mol. The summed E-state index contributed by atoms with van der Waals surface area (Å²) in [6, 6.07) is 11.3. The zero-order valence-electron chi connectivity index (χ0n) is 13.2. The molecule has 116 valence electrons. The van der Waals surface area contributed by atoms with Gasteiger partial charge < -0.3 is 15.0 Å². The van der Waals surface area contributed by atoms with Gasteiger partial charge in [-0.05, 0) is 24.3 Å². The summed E-state index contributed by atoms with van der Waals surface area (Å²) >= 11 is 0. The molecule has 1 aromatic heterocycles. The molecule has 0 bridgehead atoms. The fourth-order valence-electron chi connectivity index (χ4n) is 2.36. The fraction of sp³-hybridized carbons (Fsp3) is 0.294. The molecule has 2 N–H and O–H groups in total. The maximum absolute atomic E-state index is 12.4. The van der Waals surface area contributed by atoms with E-state index in [0.29, 0.717) is 17.9 Å². The number of nitrogens with zero attached hydrogens (tertiary/aromatic N) is 1. The summed E-state index contributed by atoms with van der Waals surface area (Å²) in [6.07, 6.45) is 3.59. The Morgan fingerprint density at radius 2 is 2.05 bits per heavy atom. The van der Waals surface area contributed by atoms with Gasteiger partial charge in [-0.2, -0.15) is 0 Å². The predicted molar refractivity (Wildman–Crippen MR) is 85.1 cm³/mol. The van der Waals surface area contributed by atoms with Crippen molar-refractivity contribution in [3.05, 3.63) is 59.9 Å². The molecule has 0 aliphatic carbocycles. The quantitative estimate of drug-likeness (QED) is 0.826. The van der Waals surface area contributed by atoms with Gasteiger partial charge in [-0.25, -0.2) is 0 Å². The highest BCUT2D eigenvalue weighted by atomic mass is 16.5. The first-order valence-corrected chi connectivity index (χ1v) is 7.24. The van der Waals surface area contributed by atoms with Crippen LogP contribution in [0.4, 0.5) is 0 Å². The van der Waals surface area contributed by atoms with Gasteiger partial charge in [-0.1, -0.05) is 12.1 Å². The van der Waals surface area contributed by atoms with Gasteiger partial charge in [0, 0.05) is 18.0 Å². The molecule has 0 aliphatic rings. The lowest BCUT2D eigenvalue weighted by atomic mass is 10.1. The van der Waals surface area contributed by atoms with E-state index in [4.69, 9.17) is 4.74 Å². The molecule has 22 heavy (non-hydrogen) atoms. The SMILES string of the molecule is COc1ccccc1C(=O)NCC(c1cccnc1)[NH+](C)C. The summed E-state index contributed by atoms with van der Waals surface area (Å²) in [5.41, 5.74) is 1.64. The van der Waals surface area contributed by atoms with Crippen LogP contribution in [0.1, 0.15) is 22.0 Å². The highest BCUT2D eigenvalue weighted by molar-refractivity contribution is 5.96. The summed E-state index contributed by atoms with van der Waals surface area (Å²) in [4.78, 5) is 17.8. The van der Waals surface area contributed by atoms with E-state index in [1.165, 1.54) is 4.90 Å². The molecule has 0 radical (unpaired) electrons. The normalized spacial score (nSPS) is 12.0. The minimum absolute atomic E-state index is 0.132. The number of methoxy groups -OCH3 is 1. The van der Waals surface area contributed by atoms with Crippen molar-refractivity contribution in [1.82, 2.24) is 10.3 Å². The molecule has 2 aromatic rings. The van der Waals surface area contributed by atoms with E-state index in [1.807, 2.05) is 30.5 Å². The van der Waals surface area contributed by atoms with Crippen molar-refractivity contribution in [3.8, 4) is 5.75 Å². The van der Waals surface area contributed by atoms with Crippen LogP contribution in [0.2, 0.25) is 0 Å². The van der Waals surface area contributed by atoms with Gasteiger partial charge in [0.05, 0.1) is 33.3 Å². The van der Waals surface area contributed by atoms with Crippen LogP contribution in [-0.4, -0.2) is 38.6 Å². The van der Waals surface area contributed by atoms with Gasteiger partial charge in [-0.15, -0.1) is 0 Å². The van der Waals surface area contributed by atoms with Crippen molar-refractivity contribution >= 4 is 5.91 Å². The first-order chi connectivity index (χ1) is 10.6. The lowest BCUT2D eigenvalue weighted by molar-refractivity contribution is -0.890. The summed E-state index contributed by atoms with van der Waals surface area (Å²) < 4.78 is 5.23. The number of carbonyl (C=O) groups excluding carboxylic acids is 1. The first-order valence-electron chi connectivity index (χ1n) is 7.24. The third kappa shape index (κ3) is 3.83. The van der Waals surface area contributed by atoms with Crippen molar-refractivity contribution in [3.63, 3.8) is 0 Å². The van der Waals surface area contributed by atoms with Crippen molar-refractivity contribution in [2.24, 2.45) is 0 Å². The van der Waals surface area contributed by atoms with Crippen LogP contribution in [0, 0.1) is 0 Å². The molecule has 1 heterocycles. The van der Waals surface area contributed by atoms with Crippen molar-refractivity contribution in [2.75, 3.05) is 27.7 Å². The van der Waals surface area contributed by atoms with Gasteiger partial charge in [0.2, 0.25) is 0 Å². The van der Waals surface area contributed by atoms with Crippen LogP contribution in [0.15, 0.2) is 48.8 Å². The Balaban J connectivity index is 2.08. The zero-order valence-corrected chi connectivity index (χ0v) is 13.2. The lowest BCUT2D eigenvalue weighted by Crippen LogP contribution is -3.07. The molecular weight excluding hydrogens is 278 g/mol. The van der Waals surface area contributed by atoms with Crippen LogP contribution in [-0.2, 0) is 0 Å². The molecule has 0 fully saturated rings. The van der Waals surface area contributed by atoms with E-state index in [9.17, 15) is 4.79 Å². The number of pyridine rings is 1. The Morgan fingerprint density at radius 1 is 1.27 bits per heavy atom. The van der Waals surface area contributed by atoms with Crippen LogP contribution < -0.4 is 15.0 Å². The second-order valence-electron chi connectivity index (χ2n) is 5.33. The highest BCUT2D eigenvalue weighted by Crippen LogP contribution is 2.17. The number of aromatic nitrogens is 1. The van der Waals surface area contributed by atoms with Crippen LogP contribution in [0.3, 0.4) is 0 Å². The van der Waals surface area contributed by atoms with Crippen molar-refractivity contribution in [1.29, 1.82) is 0 Å². The summed E-state index contributed by atoms with van der Waals surface area (Å²) in [6.45, 7) is 0.533. The third-order valence-electron chi connectivity index (χ3n) is 3.60. The van der Waals surface area contributed by atoms with Crippen molar-refractivity contribution < 1.29 is 14.4 Å². The van der Waals surface area contributed by atoms with Gasteiger partial charge in [0.1, 0.15) is 11.8 Å². The largest absolute Gasteiger partial charge is 0.496 e. The van der Waals surface area contributed by atoms with Crippen LogP contribution in [0.5, 0.6) is 5.75 Å². The Bertz CT molecular complexity index is 614. The minimum atomic E-state index is -0.132. The number of likely N-dealkylation sites (N-methyl/N-ethyl adjacent to an activating group) is 1. The second kappa shape index (κ2) is 7.56. The number of ether oxygens (including phenoxy) is 1. The highest BCUT2D eigenvalue weighted by Gasteiger charge is 2.20. The molecule has 0 spiro atoms. The van der Waals surface area contributed by atoms with Gasteiger partial charge in [-0.3, -0.25) is 9.78 Å². The Morgan fingerprint density at radius 3 is 2.68 bits per heavy atom. The molecular formula is C17H22N3O2+. The molecule has 1 aromatic carbocycles. The number of amides is 1. The lowest BCUT2D eigenvalue weighted by Gasteiger charge is -2.22. The van der Waals surface area contributed by atoms with E-state index in [-0.39, 0.29) is 11.9 Å². The van der Waals surface area contributed by atoms with E-state index in [0.717, 1.165) is 5.56 Å². The van der Waals surface area contributed by atoms with E-state index in [1.54, 1.807) is 25.4 Å². The van der Waals surface area contributed by atoms with E-state index in [2.05, 4.69) is 24.4 Å². The van der Waals surface area contributed by atoms with Gasteiger partial charge >= 0.3 is 0 Å². The van der Waals surface area contributed by atoms with E-state index < -0.39 is 0 Å². The predicted octanol–water partition coefficient (Wildman–Crippen LogP) is 0.706. The molecule has 0 aliphatic heterocycles. The average molecular weight is 300 g/mol. The number of para-hydroxylation sites is 1. The number of carbonyl (C=O) groups is 1. The number of benzene rings is 1. The zero-order chi connectivity index (χ0) is 15.9. The Kier molecular flexibility index (Phi) is 5.49. The maximum Gasteiger partial charge on any atom is 0.255 e. The second-order valence-corrected chi connectivity index (χ2v) is 5.33. The molecule has 0 saturated heterocycles. The molecule has 1 amide bonds. The summed E-state index contributed by atoms with van der Waals surface area (Å²) in [7, 11) is 5.69. The standard InChI is InChI=1S/C17H21N3O2/c1-20(2)15(13-7-6-10-18-11-13)12-19-17(21)14-8-4-5-9-16(14)22-3/h4-11,15H,12H2,1-3H3,(H,19,21)/p+1. The molecule has 2 rings (SSSR count). The molecule has 1 atom stereocenters. The van der Waals surface area contributed by atoms with Crippen LogP contribution >= 0.6 is 0 Å². The number of nitrogens with one attached hydrogen (secondary N) is 2. The third-order valence-corrected chi connectivity index (χ3v) is 3.60. The molecule has 1 unspecified atom stereocenters. The topological polar surface area (TPSA) is 55.7 Å². The van der Waals surface area contributed by atoms with E-state index >= 15 is 0 Å². The smallest absolute Gasteiger partial charge is 0.255 e. The number of hydrogen-bond donors (Lipinski definition) is 2. The molecule has 5 nitrogen and oxygen atoms in total. The average Bonchev–Trinajstić information content (AvgIpc) is 2.55. The first kappa shape index (κ1) is 16.0. The molecule has 0 saturated carbocycles. The summed E-state index contributed by atoms with van der Waals surface area (Å²) in [5, 5.41) is 2.99. The van der Waals surface area contributed by atoms with Crippen LogP contribution in [0.25, 0.3) is 0 Å². The number of rotatable bonds is 6. The number of quaternary nitrogens is 1. The molecule has 5 heteroatoms. The van der Waals surface area contributed by atoms with Gasteiger partial charge in [0.25, 0.3) is 5.91 Å². The number of hydrogen-bond acceptors (Lipinski definition) is 3. The van der Waals surface area contributed by atoms with Crippen molar-refractivity contribution in [2.45, 2.75) is 6.04 Å². The van der Waals surface area contributed by atoms with Gasteiger partial charge in [0.15, 0.2) is 0 Å².